The van der Waals surface area contributed by atoms with Gasteiger partial charge in [0.25, 0.3) is 0 Å². The quantitative estimate of drug-likeness (QED) is 0.234. The largest absolute Gasteiger partial charge is 0.378 e. The van der Waals surface area contributed by atoms with E-state index in [0.717, 1.165) is 41.4 Å². The molecule has 3 N–H and O–H groups in total. The van der Waals surface area contributed by atoms with Crippen molar-refractivity contribution in [3.05, 3.63) is 96.7 Å². The number of ether oxygens (including phenoxy) is 1. The van der Waals surface area contributed by atoms with E-state index in [1.54, 1.807) is 6.20 Å². The smallest absolute Gasteiger partial charge is 0.247 e. The van der Waals surface area contributed by atoms with Gasteiger partial charge in [-0.3, -0.25) is 4.79 Å². The van der Waals surface area contributed by atoms with E-state index in [9.17, 15) is 4.79 Å². The van der Waals surface area contributed by atoms with Gasteiger partial charge in [0.05, 0.1) is 41.5 Å². The van der Waals surface area contributed by atoms with Crippen LogP contribution in [0, 0.1) is 0 Å². The molecule has 1 aromatic heterocycles. The van der Waals surface area contributed by atoms with Gasteiger partial charge in [0, 0.05) is 35.7 Å². The molecule has 9 heteroatoms. The maximum absolute atomic E-state index is 11.9. The zero-order valence-corrected chi connectivity index (χ0v) is 21.4. The number of nitrogens with zero attached hydrogens (tertiary/aromatic N) is 3. The van der Waals surface area contributed by atoms with E-state index in [2.05, 4.69) is 32.4 Å². The number of nitrogens with one attached hydrogen (secondary N) is 3. The molecule has 5 rings (SSSR count). The second kappa shape index (κ2) is 11.8. The van der Waals surface area contributed by atoms with E-state index < -0.39 is 0 Å². The molecule has 0 saturated carbocycles. The molecule has 2 heterocycles. The molecule has 192 valence electrons. The Morgan fingerprint density at radius 1 is 0.947 bits per heavy atom. The molecule has 3 aromatic carbocycles. The number of carbonyl (C=O) groups excluding carboxylic acids is 1. The van der Waals surface area contributed by atoms with Crippen LogP contribution in [-0.4, -0.2) is 42.2 Å². The summed E-state index contributed by atoms with van der Waals surface area (Å²) in [6.07, 6.45) is 2.98. The molecule has 1 amide bonds. The minimum Gasteiger partial charge on any atom is -0.378 e. The summed E-state index contributed by atoms with van der Waals surface area (Å²) in [5.41, 5.74) is 5.50. The van der Waals surface area contributed by atoms with Crippen LogP contribution >= 0.6 is 11.6 Å². The molecule has 0 radical (unpaired) electrons. The van der Waals surface area contributed by atoms with E-state index in [0.29, 0.717) is 35.6 Å². The predicted molar refractivity (Wildman–Crippen MR) is 154 cm³/mol. The van der Waals surface area contributed by atoms with Gasteiger partial charge < -0.3 is 25.6 Å². The normalized spacial score (nSPS) is 13.0. The van der Waals surface area contributed by atoms with Gasteiger partial charge in [0.1, 0.15) is 0 Å². The number of benzene rings is 3. The monoisotopic (exact) mass is 526 g/mol. The Balaban J connectivity index is 1.48. The number of aromatic nitrogens is 2. The average molecular weight is 527 g/mol. The van der Waals surface area contributed by atoms with Crippen molar-refractivity contribution in [1.82, 2.24) is 9.97 Å². The van der Waals surface area contributed by atoms with Gasteiger partial charge in [0.15, 0.2) is 0 Å². The number of halogens is 1. The molecule has 1 fully saturated rings. The Morgan fingerprint density at radius 2 is 1.74 bits per heavy atom. The molecule has 0 unspecified atom stereocenters. The number of anilines is 6. The third-order valence-electron chi connectivity index (χ3n) is 5.98. The Morgan fingerprint density at radius 3 is 2.53 bits per heavy atom. The summed E-state index contributed by atoms with van der Waals surface area (Å²) in [5.74, 6) is 0.142. The fourth-order valence-electron chi connectivity index (χ4n) is 4.13. The average Bonchev–Trinajstić information content (AvgIpc) is 2.96. The van der Waals surface area contributed by atoms with Crippen molar-refractivity contribution >= 4 is 51.9 Å². The van der Waals surface area contributed by atoms with Crippen LogP contribution < -0.4 is 20.9 Å². The van der Waals surface area contributed by atoms with Gasteiger partial charge in [-0.1, -0.05) is 48.5 Å². The highest BCUT2D eigenvalue weighted by Gasteiger charge is 2.16. The fourth-order valence-corrected chi connectivity index (χ4v) is 4.37. The first-order valence-corrected chi connectivity index (χ1v) is 12.6. The lowest BCUT2D eigenvalue weighted by molar-refractivity contribution is -0.111. The maximum Gasteiger partial charge on any atom is 0.247 e. The number of para-hydroxylation sites is 1. The number of hydrogen-bond donors (Lipinski definition) is 3. The summed E-state index contributed by atoms with van der Waals surface area (Å²) in [6.45, 7) is 6.42. The molecular weight excluding hydrogens is 500 g/mol. The summed E-state index contributed by atoms with van der Waals surface area (Å²) < 4.78 is 5.48. The lowest BCUT2D eigenvalue weighted by Crippen LogP contribution is -2.36. The molecule has 0 bridgehead atoms. The number of hydrogen-bond acceptors (Lipinski definition) is 7. The van der Waals surface area contributed by atoms with Crippen molar-refractivity contribution in [2.24, 2.45) is 0 Å². The first-order chi connectivity index (χ1) is 18.6. The molecule has 4 aromatic rings. The van der Waals surface area contributed by atoms with E-state index in [4.69, 9.17) is 21.3 Å². The Labute approximate surface area is 226 Å². The first kappa shape index (κ1) is 25.3. The van der Waals surface area contributed by atoms with Crippen LogP contribution in [0.5, 0.6) is 0 Å². The van der Waals surface area contributed by atoms with Crippen molar-refractivity contribution in [2.75, 3.05) is 47.2 Å². The zero-order valence-electron chi connectivity index (χ0n) is 20.7. The summed E-state index contributed by atoms with van der Waals surface area (Å²) in [6, 6.07) is 23.1. The van der Waals surface area contributed by atoms with Gasteiger partial charge in [-0.2, -0.15) is 0 Å². The minimum atomic E-state index is -0.284. The number of morpholine rings is 1. The third-order valence-corrected chi connectivity index (χ3v) is 6.30. The summed E-state index contributed by atoms with van der Waals surface area (Å²) in [4.78, 5) is 23.5. The van der Waals surface area contributed by atoms with Gasteiger partial charge in [-0.25, -0.2) is 9.97 Å². The van der Waals surface area contributed by atoms with Crippen LogP contribution in [0.2, 0.25) is 5.02 Å². The van der Waals surface area contributed by atoms with Crippen LogP contribution in [0.4, 0.5) is 34.4 Å². The van der Waals surface area contributed by atoms with Crippen molar-refractivity contribution in [2.45, 2.75) is 0 Å². The number of carbonyl (C=O) groups is 1. The summed E-state index contributed by atoms with van der Waals surface area (Å²) in [5, 5.41) is 10.2. The lowest BCUT2D eigenvalue weighted by Gasteiger charge is -2.30. The summed E-state index contributed by atoms with van der Waals surface area (Å²) >= 11 is 6.51. The predicted octanol–water partition coefficient (Wildman–Crippen LogP) is 6.25. The molecule has 38 heavy (non-hydrogen) atoms. The second-order valence-electron chi connectivity index (χ2n) is 8.61. The van der Waals surface area contributed by atoms with Crippen molar-refractivity contribution < 1.29 is 9.53 Å². The third kappa shape index (κ3) is 6.11. The molecule has 1 aliphatic rings. The fraction of sp³-hybridized carbons (Fsp3) is 0.138. The van der Waals surface area contributed by atoms with Crippen LogP contribution in [0.15, 0.2) is 91.6 Å². The molecule has 1 saturated heterocycles. The molecule has 0 spiro atoms. The van der Waals surface area contributed by atoms with Crippen molar-refractivity contribution in [3.8, 4) is 11.3 Å². The van der Waals surface area contributed by atoms with E-state index >= 15 is 0 Å². The molecule has 0 atom stereocenters. The molecule has 1 aliphatic heterocycles. The highest BCUT2D eigenvalue weighted by Crippen LogP contribution is 2.33. The van der Waals surface area contributed by atoms with Gasteiger partial charge >= 0.3 is 0 Å². The Bertz CT molecular complexity index is 1440. The standard InChI is InChI=1S/C29H27ClN6O2/c1-2-27(37)33-22-10-6-7-20(17-22)28-25(32-21-8-4-3-5-9-21)19-31-29(35-28)34-23-11-12-24(30)26(18-23)36-13-15-38-16-14-36/h2-12,17-19,32H,1,13-16H2,(H,33,37)(H,31,34,35). The van der Waals surface area contributed by atoms with Crippen LogP contribution in [0.3, 0.4) is 0 Å². The van der Waals surface area contributed by atoms with Gasteiger partial charge in [0.2, 0.25) is 11.9 Å². The highest BCUT2D eigenvalue weighted by molar-refractivity contribution is 6.33. The van der Waals surface area contributed by atoms with Crippen molar-refractivity contribution in [3.63, 3.8) is 0 Å². The topological polar surface area (TPSA) is 91.4 Å². The zero-order chi connectivity index (χ0) is 26.3. The van der Waals surface area contributed by atoms with E-state index in [1.807, 2.05) is 72.8 Å². The molecular formula is C29H27ClN6O2. The maximum atomic E-state index is 11.9. The summed E-state index contributed by atoms with van der Waals surface area (Å²) in [7, 11) is 0. The van der Waals surface area contributed by atoms with Crippen molar-refractivity contribution in [1.29, 1.82) is 0 Å². The minimum absolute atomic E-state index is 0.284. The lowest BCUT2D eigenvalue weighted by atomic mass is 10.1. The Hall–Kier alpha value is -4.40. The van der Waals surface area contributed by atoms with Gasteiger partial charge in [-0.15, -0.1) is 0 Å². The van der Waals surface area contributed by atoms with E-state index in [-0.39, 0.29) is 5.91 Å². The van der Waals surface area contributed by atoms with Crippen LogP contribution in [-0.2, 0) is 9.53 Å². The highest BCUT2D eigenvalue weighted by atomic mass is 35.5. The second-order valence-corrected chi connectivity index (χ2v) is 9.02. The Kier molecular flexibility index (Phi) is 7.82. The van der Waals surface area contributed by atoms with Gasteiger partial charge in [-0.05, 0) is 48.5 Å². The first-order valence-electron chi connectivity index (χ1n) is 12.2. The SMILES string of the molecule is C=CC(=O)Nc1cccc(-c2nc(Nc3ccc(Cl)c(N4CCOCC4)c3)ncc2Nc2ccccc2)c1. The van der Waals surface area contributed by atoms with Crippen LogP contribution in [0.25, 0.3) is 11.3 Å². The number of rotatable bonds is 8. The number of amides is 1. The van der Waals surface area contributed by atoms with Crippen LogP contribution in [0.1, 0.15) is 0 Å². The molecule has 0 aliphatic carbocycles. The molecule has 8 nitrogen and oxygen atoms in total. The van der Waals surface area contributed by atoms with E-state index in [1.165, 1.54) is 6.08 Å².